The molecule has 5 nitrogen and oxygen atoms in total. The first kappa shape index (κ1) is 27.5. The summed E-state index contributed by atoms with van der Waals surface area (Å²) < 4.78 is 19.9. The highest BCUT2D eigenvalue weighted by Crippen LogP contribution is 2.31. The zero-order valence-corrected chi connectivity index (χ0v) is 21.6. The zero-order valence-electron chi connectivity index (χ0n) is 21.6. The fourth-order valence-electron chi connectivity index (χ4n) is 4.30. The van der Waals surface area contributed by atoms with Crippen LogP contribution in [0, 0.1) is 19.7 Å². The van der Waals surface area contributed by atoms with E-state index in [1.807, 2.05) is 63.2 Å². The van der Waals surface area contributed by atoms with Crippen LogP contribution in [0.5, 0.6) is 0 Å². The molecule has 0 saturated heterocycles. The molecule has 36 heavy (non-hydrogen) atoms. The Morgan fingerprint density at radius 2 is 1.78 bits per heavy atom. The Hall–Kier alpha value is -3.06. The van der Waals surface area contributed by atoms with Gasteiger partial charge in [0.25, 0.3) is 0 Å². The molecule has 2 unspecified atom stereocenters. The number of aromatic carboxylic acids is 1. The van der Waals surface area contributed by atoms with Gasteiger partial charge in [-0.05, 0) is 86.6 Å². The van der Waals surface area contributed by atoms with E-state index in [0.717, 1.165) is 22.3 Å². The summed E-state index contributed by atoms with van der Waals surface area (Å²) in [4.78, 5) is 11.4. The maximum atomic E-state index is 13.9. The number of carbonyl (C=O) groups is 1. The minimum absolute atomic E-state index is 0.148. The average Bonchev–Trinajstić information content (AvgIpc) is 2.83. The van der Waals surface area contributed by atoms with E-state index in [-0.39, 0.29) is 29.6 Å². The van der Waals surface area contributed by atoms with E-state index in [4.69, 9.17) is 4.74 Å². The highest BCUT2D eigenvalue weighted by Gasteiger charge is 2.21. The first-order valence-electron chi connectivity index (χ1n) is 12.2. The Bertz CT molecular complexity index is 1210. The van der Waals surface area contributed by atoms with Crippen LogP contribution in [0.15, 0.2) is 60.7 Å². The van der Waals surface area contributed by atoms with E-state index in [9.17, 15) is 19.4 Å². The van der Waals surface area contributed by atoms with Crippen LogP contribution < -0.4 is 5.32 Å². The Morgan fingerprint density at radius 1 is 1.06 bits per heavy atom. The second kappa shape index (κ2) is 11.8. The summed E-state index contributed by atoms with van der Waals surface area (Å²) in [5.41, 5.74) is 5.01. The monoisotopic (exact) mass is 493 g/mol. The number of β-amino-alcohol motifs (C(OH)–C–C–N with tert-alkyl or cyclic N) is 1. The lowest BCUT2D eigenvalue weighted by atomic mass is 9.94. The summed E-state index contributed by atoms with van der Waals surface area (Å²) in [6, 6.07) is 18.4. The molecule has 0 bridgehead atoms. The third-order valence-corrected chi connectivity index (χ3v) is 6.40. The molecule has 0 aromatic heterocycles. The van der Waals surface area contributed by atoms with Crippen molar-refractivity contribution < 1.29 is 24.1 Å². The van der Waals surface area contributed by atoms with Crippen LogP contribution in [-0.4, -0.2) is 41.0 Å². The molecule has 0 saturated carbocycles. The van der Waals surface area contributed by atoms with E-state index in [2.05, 4.69) is 5.32 Å². The number of ether oxygens (including phenoxy) is 1. The van der Waals surface area contributed by atoms with Crippen LogP contribution >= 0.6 is 0 Å². The number of aliphatic hydroxyl groups is 1. The normalized spacial score (nSPS) is 13.4. The zero-order chi connectivity index (χ0) is 26.5. The number of aliphatic hydroxyl groups excluding tert-OH is 1. The standard InChI is InChI=1S/C30H36FNO4/c1-19-10-11-22(15-28(19)31)16-30(4,5)32-17-24(33)18-36-21(3)26-8-6-7-9-27(26)23-12-13-25(29(34)35)20(2)14-23/h6-15,21,24,32-33H,16-18H2,1-5H3,(H,34,35). The lowest BCUT2D eigenvalue weighted by Gasteiger charge is -2.28. The lowest BCUT2D eigenvalue weighted by Crippen LogP contribution is -2.46. The van der Waals surface area contributed by atoms with E-state index >= 15 is 0 Å². The van der Waals surface area contributed by atoms with Crippen molar-refractivity contribution >= 4 is 5.97 Å². The van der Waals surface area contributed by atoms with E-state index in [1.165, 1.54) is 0 Å². The van der Waals surface area contributed by atoms with Crippen LogP contribution in [0.4, 0.5) is 4.39 Å². The van der Waals surface area contributed by atoms with Crippen molar-refractivity contribution in [3.63, 3.8) is 0 Å². The molecule has 3 N–H and O–H groups in total. The molecule has 0 heterocycles. The molecule has 0 amide bonds. The largest absolute Gasteiger partial charge is 0.478 e. The summed E-state index contributed by atoms with van der Waals surface area (Å²) in [5, 5.41) is 23.2. The SMILES string of the molecule is Cc1ccc(CC(C)(C)NCC(O)COC(C)c2ccccc2-c2ccc(C(=O)O)c(C)c2)cc1F. The molecule has 0 aliphatic heterocycles. The quantitative estimate of drug-likeness (QED) is 0.312. The van der Waals surface area contributed by atoms with Gasteiger partial charge in [-0.15, -0.1) is 0 Å². The third-order valence-electron chi connectivity index (χ3n) is 6.40. The third kappa shape index (κ3) is 7.23. The van der Waals surface area contributed by atoms with Crippen molar-refractivity contribution in [3.05, 3.63) is 94.3 Å². The second-order valence-corrected chi connectivity index (χ2v) is 10.1. The number of benzene rings is 3. The molecular weight excluding hydrogens is 457 g/mol. The number of halogens is 1. The van der Waals surface area contributed by atoms with Crippen LogP contribution in [0.2, 0.25) is 0 Å². The molecule has 0 fully saturated rings. The Morgan fingerprint density at radius 3 is 2.44 bits per heavy atom. The molecule has 2 atom stereocenters. The van der Waals surface area contributed by atoms with Gasteiger partial charge in [0.15, 0.2) is 0 Å². The van der Waals surface area contributed by atoms with Crippen LogP contribution in [0.1, 0.15) is 59.5 Å². The van der Waals surface area contributed by atoms with Gasteiger partial charge in [-0.3, -0.25) is 0 Å². The molecule has 0 aliphatic carbocycles. The van der Waals surface area contributed by atoms with Crippen LogP contribution in [0.3, 0.4) is 0 Å². The fourth-order valence-corrected chi connectivity index (χ4v) is 4.30. The van der Waals surface area contributed by atoms with Crippen molar-refractivity contribution in [2.45, 2.75) is 58.8 Å². The van der Waals surface area contributed by atoms with Gasteiger partial charge in [-0.1, -0.05) is 48.5 Å². The van der Waals surface area contributed by atoms with Gasteiger partial charge in [-0.2, -0.15) is 0 Å². The molecule has 3 rings (SSSR count). The number of aryl methyl sites for hydroxylation is 2. The second-order valence-electron chi connectivity index (χ2n) is 10.1. The summed E-state index contributed by atoms with van der Waals surface area (Å²) in [5.74, 6) is -1.15. The number of nitrogens with one attached hydrogen (secondary N) is 1. The Kier molecular flexibility index (Phi) is 9.01. The first-order valence-corrected chi connectivity index (χ1v) is 12.2. The van der Waals surface area contributed by atoms with Gasteiger partial charge in [-0.25, -0.2) is 9.18 Å². The molecule has 3 aromatic carbocycles. The van der Waals surface area contributed by atoms with Gasteiger partial charge < -0.3 is 20.3 Å². The molecule has 3 aromatic rings. The molecule has 0 radical (unpaired) electrons. The highest BCUT2D eigenvalue weighted by atomic mass is 19.1. The summed E-state index contributed by atoms with van der Waals surface area (Å²) in [6.07, 6.45) is -0.369. The van der Waals surface area contributed by atoms with E-state index in [1.54, 1.807) is 32.0 Å². The molecule has 0 spiro atoms. The predicted octanol–water partition coefficient (Wildman–Crippen LogP) is 5.86. The van der Waals surface area contributed by atoms with Gasteiger partial charge in [0.05, 0.1) is 24.4 Å². The molecule has 6 heteroatoms. The summed E-state index contributed by atoms with van der Waals surface area (Å²) in [7, 11) is 0. The average molecular weight is 494 g/mol. The molecular formula is C30H36FNO4. The van der Waals surface area contributed by atoms with Crippen molar-refractivity contribution in [1.82, 2.24) is 5.32 Å². The summed E-state index contributed by atoms with van der Waals surface area (Å²) >= 11 is 0. The van der Waals surface area contributed by atoms with Gasteiger partial charge >= 0.3 is 5.97 Å². The fraction of sp³-hybridized carbons (Fsp3) is 0.367. The number of carboxylic acids is 1. The highest BCUT2D eigenvalue weighted by molar-refractivity contribution is 5.90. The summed E-state index contributed by atoms with van der Waals surface area (Å²) in [6.45, 7) is 10.0. The maximum Gasteiger partial charge on any atom is 0.335 e. The number of hydrogen-bond acceptors (Lipinski definition) is 4. The number of rotatable bonds is 11. The predicted molar refractivity (Wildman–Crippen MR) is 141 cm³/mol. The Balaban J connectivity index is 1.59. The smallest absolute Gasteiger partial charge is 0.335 e. The minimum atomic E-state index is -0.944. The van der Waals surface area contributed by atoms with Crippen LogP contribution in [0.25, 0.3) is 11.1 Å². The van der Waals surface area contributed by atoms with Crippen molar-refractivity contribution in [1.29, 1.82) is 0 Å². The topological polar surface area (TPSA) is 78.8 Å². The first-order chi connectivity index (χ1) is 17.0. The Labute approximate surface area is 213 Å². The molecule has 192 valence electrons. The van der Waals surface area contributed by atoms with Crippen molar-refractivity contribution in [2.24, 2.45) is 0 Å². The van der Waals surface area contributed by atoms with Crippen molar-refractivity contribution in [3.8, 4) is 11.1 Å². The van der Waals surface area contributed by atoms with E-state index in [0.29, 0.717) is 24.1 Å². The van der Waals surface area contributed by atoms with Crippen LogP contribution in [-0.2, 0) is 11.2 Å². The van der Waals surface area contributed by atoms with Gasteiger partial charge in [0, 0.05) is 12.1 Å². The van der Waals surface area contributed by atoms with E-state index < -0.39 is 12.1 Å². The van der Waals surface area contributed by atoms with Gasteiger partial charge in [0.1, 0.15) is 5.82 Å². The molecule has 0 aliphatic rings. The lowest BCUT2D eigenvalue weighted by molar-refractivity contribution is -0.00397. The maximum absolute atomic E-state index is 13.9. The van der Waals surface area contributed by atoms with Crippen molar-refractivity contribution in [2.75, 3.05) is 13.2 Å². The van der Waals surface area contributed by atoms with Gasteiger partial charge in [0.2, 0.25) is 0 Å². The number of hydrogen-bond donors (Lipinski definition) is 3. The minimum Gasteiger partial charge on any atom is -0.478 e. The number of carboxylic acid groups (broad SMARTS) is 1.